The summed E-state index contributed by atoms with van der Waals surface area (Å²) in [6, 6.07) is 0. The smallest absolute Gasteiger partial charge is 0.345 e. The Morgan fingerprint density at radius 3 is 1.76 bits per heavy atom. The number of hydrogen-bond donors (Lipinski definition) is 0. The second-order valence-electron chi connectivity index (χ2n) is 5.00. The lowest BCUT2D eigenvalue weighted by Gasteiger charge is -2.28. The summed E-state index contributed by atoms with van der Waals surface area (Å²) < 4.78 is 32.9. The van der Waals surface area contributed by atoms with Gasteiger partial charge in [-0.1, -0.05) is 0 Å². The molecule has 0 amide bonds. The van der Waals surface area contributed by atoms with Crippen molar-refractivity contribution in [1.29, 1.82) is 0 Å². The minimum Gasteiger partial charge on any atom is -0.469 e. The molecule has 0 aliphatic heterocycles. The van der Waals surface area contributed by atoms with Gasteiger partial charge in [-0.25, -0.2) is 0 Å². The van der Waals surface area contributed by atoms with Crippen molar-refractivity contribution in [3.05, 3.63) is 0 Å². The highest BCUT2D eigenvalue weighted by atomic mass is 31.2. The maximum Gasteiger partial charge on any atom is 0.345 e. The Bertz CT molecular complexity index is 378. The van der Waals surface area contributed by atoms with E-state index < -0.39 is 37.4 Å². The van der Waals surface area contributed by atoms with Crippen LogP contribution in [0, 0.1) is 0 Å². The van der Waals surface area contributed by atoms with Crippen LogP contribution in [-0.2, 0) is 32.7 Å². The van der Waals surface area contributed by atoms with Crippen molar-refractivity contribution in [2.45, 2.75) is 58.4 Å². The van der Waals surface area contributed by atoms with E-state index >= 15 is 0 Å². The summed E-state index contributed by atoms with van der Waals surface area (Å²) >= 11 is 0. The van der Waals surface area contributed by atoms with Crippen molar-refractivity contribution >= 4 is 19.5 Å². The topological polar surface area (TPSA) is 88.1 Å². The zero-order valence-corrected chi connectivity index (χ0v) is 14.3. The number of carbonyl (C=O) groups is 2. The van der Waals surface area contributed by atoms with Crippen LogP contribution in [0.15, 0.2) is 0 Å². The van der Waals surface area contributed by atoms with Crippen LogP contribution in [-0.4, -0.2) is 44.0 Å². The Kier molecular flexibility index (Phi) is 8.78. The second kappa shape index (κ2) is 9.18. The Morgan fingerprint density at radius 1 is 0.952 bits per heavy atom. The number of esters is 2. The van der Waals surface area contributed by atoms with Gasteiger partial charge in [-0.2, -0.15) is 0 Å². The predicted molar refractivity (Wildman–Crippen MR) is 77.1 cm³/mol. The van der Waals surface area contributed by atoms with E-state index in [0.29, 0.717) is 0 Å². The third kappa shape index (κ3) is 7.07. The van der Waals surface area contributed by atoms with Gasteiger partial charge in [0, 0.05) is 6.42 Å². The summed E-state index contributed by atoms with van der Waals surface area (Å²) in [5, 5.41) is 0. The van der Waals surface area contributed by atoms with Gasteiger partial charge in [0.05, 0.1) is 26.4 Å². The SMILES string of the molecule is COC(=O)CCC(C(=O)OC)P(=O)(OC(C)C)OC(C)C. The molecule has 0 N–H and O–H groups in total. The summed E-state index contributed by atoms with van der Waals surface area (Å²) in [4.78, 5) is 23.2. The van der Waals surface area contributed by atoms with E-state index in [-0.39, 0.29) is 12.8 Å². The molecule has 0 bridgehead atoms. The van der Waals surface area contributed by atoms with Crippen LogP contribution in [0.3, 0.4) is 0 Å². The minimum atomic E-state index is -3.76. The third-order valence-corrected chi connectivity index (χ3v) is 5.08. The molecule has 0 saturated carbocycles. The molecule has 0 aromatic heterocycles. The Balaban J connectivity index is 5.31. The van der Waals surface area contributed by atoms with Gasteiger partial charge in [0.15, 0.2) is 5.66 Å². The van der Waals surface area contributed by atoms with E-state index in [9.17, 15) is 14.2 Å². The highest BCUT2D eigenvalue weighted by Gasteiger charge is 2.43. The average molecular weight is 324 g/mol. The molecule has 21 heavy (non-hydrogen) atoms. The van der Waals surface area contributed by atoms with Crippen molar-refractivity contribution in [1.82, 2.24) is 0 Å². The van der Waals surface area contributed by atoms with Crippen LogP contribution in [0.4, 0.5) is 0 Å². The molecule has 0 spiro atoms. The lowest BCUT2D eigenvalue weighted by molar-refractivity contribution is -0.142. The Hall–Kier alpha value is -0.910. The van der Waals surface area contributed by atoms with E-state index in [1.807, 2.05) is 0 Å². The molecule has 0 aromatic rings. The van der Waals surface area contributed by atoms with E-state index in [1.54, 1.807) is 27.7 Å². The monoisotopic (exact) mass is 324 g/mol. The first kappa shape index (κ1) is 20.1. The molecule has 0 aromatic carbocycles. The van der Waals surface area contributed by atoms with Gasteiger partial charge in [0.1, 0.15) is 0 Å². The molecule has 0 aliphatic rings. The maximum absolute atomic E-state index is 12.9. The number of carbonyl (C=O) groups excluding carboxylic acids is 2. The quantitative estimate of drug-likeness (QED) is 0.475. The third-order valence-electron chi connectivity index (χ3n) is 2.42. The van der Waals surface area contributed by atoms with Gasteiger partial charge in [0.25, 0.3) is 0 Å². The molecule has 0 rings (SSSR count). The number of ether oxygens (including phenoxy) is 2. The maximum atomic E-state index is 12.9. The predicted octanol–water partition coefficient (Wildman–Crippen LogP) is 2.52. The zero-order chi connectivity index (χ0) is 16.6. The standard InChI is InChI=1S/C13H25O7P/c1-9(2)19-21(16,20-10(3)4)11(13(15)18-6)7-8-12(14)17-5/h9-11H,7-8H2,1-6H3. The number of rotatable bonds is 9. The first-order chi connectivity index (χ1) is 9.66. The average Bonchev–Trinajstić information content (AvgIpc) is 2.35. The molecule has 0 saturated heterocycles. The normalized spacial score (nSPS) is 13.3. The molecule has 124 valence electrons. The van der Waals surface area contributed by atoms with Crippen LogP contribution in [0.5, 0.6) is 0 Å². The Morgan fingerprint density at radius 2 is 1.43 bits per heavy atom. The summed E-state index contributed by atoms with van der Waals surface area (Å²) in [7, 11) is -1.34. The first-order valence-corrected chi connectivity index (χ1v) is 8.38. The van der Waals surface area contributed by atoms with E-state index in [2.05, 4.69) is 9.47 Å². The lowest BCUT2D eigenvalue weighted by Crippen LogP contribution is -2.28. The summed E-state index contributed by atoms with van der Waals surface area (Å²) in [6.07, 6.45) is -0.918. The van der Waals surface area contributed by atoms with Crippen LogP contribution in [0.2, 0.25) is 0 Å². The van der Waals surface area contributed by atoms with Gasteiger partial charge < -0.3 is 18.5 Å². The van der Waals surface area contributed by atoms with E-state index in [4.69, 9.17) is 9.05 Å². The molecular weight excluding hydrogens is 299 g/mol. The molecular formula is C13H25O7P. The van der Waals surface area contributed by atoms with Gasteiger partial charge in [0.2, 0.25) is 0 Å². The van der Waals surface area contributed by atoms with Crippen LogP contribution >= 0.6 is 7.60 Å². The van der Waals surface area contributed by atoms with Crippen LogP contribution in [0.25, 0.3) is 0 Å². The van der Waals surface area contributed by atoms with E-state index in [0.717, 1.165) is 0 Å². The number of hydrogen-bond acceptors (Lipinski definition) is 7. The van der Waals surface area contributed by atoms with Crippen molar-refractivity contribution in [3.63, 3.8) is 0 Å². The lowest BCUT2D eigenvalue weighted by atomic mass is 10.2. The van der Waals surface area contributed by atoms with Crippen molar-refractivity contribution in [2.24, 2.45) is 0 Å². The first-order valence-electron chi connectivity index (χ1n) is 6.77. The highest BCUT2D eigenvalue weighted by Crippen LogP contribution is 2.56. The molecule has 0 heterocycles. The summed E-state index contributed by atoms with van der Waals surface area (Å²) in [5.74, 6) is -1.24. The second-order valence-corrected chi connectivity index (χ2v) is 7.13. The van der Waals surface area contributed by atoms with Crippen molar-refractivity contribution in [2.75, 3.05) is 14.2 Å². The summed E-state index contributed by atoms with van der Waals surface area (Å²) in [6.45, 7) is 6.74. The highest BCUT2D eigenvalue weighted by molar-refractivity contribution is 7.55. The Labute approximate surface area is 125 Å². The molecule has 0 fully saturated rings. The minimum absolute atomic E-state index is 0.0317. The molecule has 1 unspecified atom stereocenters. The number of methoxy groups -OCH3 is 2. The molecule has 0 radical (unpaired) electrons. The molecule has 1 atom stereocenters. The fourth-order valence-corrected chi connectivity index (χ4v) is 3.99. The van der Waals surface area contributed by atoms with E-state index in [1.165, 1.54) is 14.2 Å². The summed E-state index contributed by atoms with van der Waals surface area (Å²) in [5.41, 5.74) is -1.16. The molecule has 7 nitrogen and oxygen atoms in total. The van der Waals surface area contributed by atoms with Crippen LogP contribution in [0.1, 0.15) is 40.5 Å². The van der Waals surface area contributed by atoms with Gasteiger partial charge in [-0.05, 0) is 34.1 Å². The van der Waals surface area contributed by atoms with Crippen molar-refractivity contribution < 1.29 is 32.7 Å². The fraction of sp³-hybridized carbons (Fsp3) is 0.846. The van der Waals surface area contributed by atoms with Gasteiger partial charge in [-0.15, -0.1) is 0 Å². The van der Waals surface area contributed by atoms with Crippen molar-refractivity contribution in [3.8, 4) is 0 Å². The zero-order valence-electron chi connectivity index (χ0n) is 13.5. The van der Waals surface area contributed by atoms with Gasteiger partial charge >= 0.3 is 19.5 Å². The largest absolute Gasteiger partial charge is 0.469 e. The van der Waals surface area contributed by atoms with Gasteiger partial charge in [-0.3, -0.25) is 14.2 Å². The molecule has 8 heteroatoms. The van der Waals surface area contributed by atoms with Crippen LogP contribution < -0.4 is 0 Å². The molecule has 0 aliphatic carbocycles. The fourth-order valence-electron chi connectivity index (χ4n) is 1.66.